The van der Waals surface area contributed by atoms with Gasteiger partial charge in [0.05, 0.1) is 20.1 Å². The lowest BCUT2D eigenvalue weighted by molar-refractivity contribution is -0.126. The van der Waals surface area contributed by atoms with Crippen molar-refractivity contribution in [2.24, 2.45) is 5.92 Å². The molecular weight excluding hydrogens is 328 g/mol. The Labute approximate surface area is 153 Å². The molecule has 0 unspecified atom stereocenters. The van der Waals surface area contributed by atoms with Crippen LogP contribution in [-0.2, 0) is 9.59 Å². The summed E-state index contributed by atoms with van der Waals surface area (Å²) in [4.78, 5) is 24.4. The Kier molecular flexibility index (Phi) is 6.92. The monoisotopic (exact) mass is 350 g/mol. The molecule has 0 aliphatic rings. The van der Waals surface area contributed by atoms with Gasteiger partial charge >= 0.3 is 0 Å². The summed E-state index contributed by atoms with van der Waals surface area (Å²) in [6, 6.07) is 14.6. The summed E-state index contributed by atoms with van der Waals surface area (Å²) in [7, 11) is 3.20. The Morgan fingerprint density at radius 2 is 1.08 bits per heavy atom. The lowest BCUT2D eigenvalue weighted by atomic mass is 9.99. The first-order chi connectivity index (χ1) is 12.5. The fourth-order valence-electron chi connectivity index (χ4n) is 2.22. The lowest BCUT2D eigenvalue weighted by Crippen LogP contribution is -2.17. The summed E-state index contributed by atoms with van der Waals surface area (Å²) in [5, 5.41) is 0. The van der Waals surface area contributed by atoms with Crippen LogP contribution in [-0.4, -0.2) is 25.8 Å². The van der Waals surface area contributed by atoms with Crippen molar-refractivity contribution in [2.45, 2.75) is 6.92 Å². The minimum Gasteiger partial charge on any atom is -0.497 e. The van der Waals surface area contributed by atoms with Crippen molar-refractivity contribution in [1.29, 1.82) is 0 Å². The first-order valence-electron chi connectivity index (χ1n) is 8.25. The van der Waals surface area contributed by atoms with E-state index in [4.69, 9.17) is 9.47 Å². The van der Waals surface area contributed by atoms with E-state index >= 15 is 0 Å². The van der Waals surface area contributed by atoms with Crippen molar-refractivity contribution in [1.82, 2.24) is 0 Å². The highest BCUT2D eigenvalue weighted by molar-refractivity contribution is 6.13. The molecule has 2 aromatic carbocycles. The molecule has 0 N–H and O–H groups in total. The number of allylic oxidation sites excluding steroid dienone is 2. The summed E-state index contributed by atoms with van der Waals surface area (Å²) >= 11 is 0. The van der Waals surface area contributed by atoms with E-state index in [0.717, 1.165) is 22.6 Å². The van der Waals surface area contributed by atoms with E-state index in [9.17, 15) is 9.59 Å². The highest BCUT2D eigenvalue weighted by Gasteiger charge is 2.16. The second-order valence-electron chi connectivity index (χ2n) is 5.74. The van der Waals surface area contributed by atoms with Crippen LogP contribution in [0, 0.1) is 5.92 Å². The van der Waals surface area contributed by atoms with Crippen LogP contribution in [0.2, 0.25) is 0 Å². The SMILES string of the molecule is COc1ccc(/C=C/C(=O)C(C)C(=O)/C=C/c2ccc(OC)cc2)cc1. The molecule has 0 saturated heterocycles. The molecule has 2 rings (SSSR count). The second kappa shape index (κ2) is 9.37. The standard InChI is InChI=1S/C22H22O4/c1-16(21(23)14-8-17-4-10-19(25-2)11-5-17)22(24)15-9-18-6-12-20(26-3)13-7-18/h4-16H,1-3H3/b14-8+,15-9+. The van der Waals surface area contributed by atoms with Crippen LogP contribution in [0.15, 0.2) is 60.7 Å². The predicted molar refractivity (Wildman–Crippen MR) is 103 cm³/mol. The summed E-state index contributed by atoms with van der Waals surface area (Å²) in [6.07, 6.45) is 6.26. The molecule has 0 saturated carbocycles. The molecule has 0 atom stereocenters. The maximum Gasteiger partial charge on any atom is 0.166 e. The molecular formula is C22H22O4. The van der Waals surface area contributed by atoms with E-state index < -0.39 is 5.92 Å². The third-order valence-corrected chi connectivity index (χ3v) is 3.97. The maximum absolute atomic E-state index is 12.2. The van der Waals surface area contributed by atoms with Gasteiger partial charge in [-0.3, -0.25) is 9.59 Å². The smallest absolute Gasteiger partial charge is 0.166 e. The van der Waals surface area contributed by atoms with Gasteiger partial charge in [0.25, 0.3) is 0 Å². The molecule has 4 heteroatoms. The normalized spacial score (nSPS) is 11.2. The molecule has 134 valence electrons. The van der Waals surface area contributed by atoms with E-state index in [0.29, 0.717) is 0 Å². The molecule has 0 fully saturated rings. The third kappa shape index (κ3) is 5.45. The quantitative estimate of drug-likeness (QED) is 0.529. The van der Waals surface area contributed by atoms with Crippen molar-refractivity contribution in [3.63, 3.8) is 0 Å². The number of hydrogen-bond donors (Lipinski definition) is 0. The molecule has 26 heavy (non-hydrogen) atoms. The van der Waals surface area contributed by atoms with Gasteiger partial charge in [-0.2, -0.15) is 0 Å². The first-order valence-corrected chi connectivity index (χ1v) is 8.25. The van der Waals surface area contributed by atoms with Gasteiger partial charge in [0.1, 0.15) is 11.5 Å². The lowest BCUT2D eigenvalue weighted by Gasteiger charge is -2.03. The van der Waals surface area contributed by atoms with E-state index in [2.05, 4.69) is 0 Å². The summed E-state index contributed by atoms with van der Waals surface area (Å²) < 4.78 is 10.2. The van der Waals surface area contributed by atoms with Gasteiger partial charge in [-0.25, -0.2) is 0 Å². The van der Waals surface area contributed by atoms with Crippen LogP contribution in [0.25, 0.3) is 12.2 Å². The van der Waals surface area contributed by atoms with Gasteiger partial charge < -0.3 is 9.47 Å². The third-order valence-electron chi connectivity index (χ3n) is 3.97. The van der Waals surface area contributed by atoms with Gasteiger partial charge in [0, 0.05) is 0 Å². The minimum atomic E-state index is -0.723. The predicted octanol–water partition coefficient (Wildman–Crippen LogP) is 4.20. The fraction of sp³-hybridized carbons (Fsp3) is 0.182. The van der Waals surface area contributed by atoms with E-state index in [1.54, 1.807) is 33.3 Å². The second-order valence-corrected chi connectivity index (χ2v) is 5.74. The van der Waals surface area contributed by atoms with Crippen LogP contribution < -0.4 is 9.47 Å². The van der Waals surface area contributed by atoms with Crippen molar-refractivity contribution in [3.05, 3.63) is 71.8 Å². The number of ether oxygens (including phenoxy) is 2. The zero-order valence-electron chi connectivity index (χ0n) is 15.1. The maximum atomic E-state index is 12.2. The summed E-state index contributed by atoms with van der Waals surface area (Å²) in [6.45, 7) is 1.61. The molecule has 0 amide bonds. The van der Waals surface area contributed by atoms with Crippen molar-refractivity contribution in [3.8, 4) is 11.5 Å². The Hall–Kier alpha value is -3.14. The number of ketones is 2. The van der Waals surface area contributed by atoms with E-state index in [1.165, 1.54) is 12.2 Å². The van der Waals surface area contributed by atoms with Gasteiger partial charge in [0.15, 0.2) is 11.6 Å². The van der Waals surface area contributed by atoms with Crippen LogP contribution in [0.5, 0.6) is 11.5 Å². The number of carbonyl (C=O) groups excluding carboxylic acids is 2. The highest BCUT2D eigenvalue weighted by atomic mass is 16.5. The summed E-state index contributed by atoms with van der Waals surface area (Å²) in [5.74, 6) is 0.316. The number of methoxy groups -OCH3 is 2. The molecule has 0 aromatic heterocycles. The van der Waals surface area contributed by atoms with Gasteiger partial charge in [0.2, 0.25) is 0 Å². The molecule has 4 nitrogen and oxygen atoms in total. The van der Waals surface area contributed by atoms with E-state index in [-0.39, 0.29) is 11.6 Å². The molecule has 0 spiro atoms. The largest absolute Gasteiger partial charge is 0.497 e. The summed E-state index contributed by atoms with van der Waals surface area (Å²) in [5.41, 5.74) is 1.74. The Balaban J connectivity index is 1.95. The molecule has 0 radical (unpaired) electrons. The number of hydrogen-bond acceptors (Lipinski definition) is 4. The molecule has 0 heterocycles. The van der Waals surface area contributed by atoms with Gasteiger partial charge in [-0.05, 0) is 54.5 Å². The zero-order valence-corrected chi connectivity index (χ0v) is 15.1. The fourth-order valence-corrected chi connectivity index (χ4v) is 2.22. The van der Waals surface area contributed by atoms with Crippen molar-refractivity contribution in [2.75, 3.05) is 14.2 Å². The average molecular weight is 350 g/mol. The molecule has 0 aliphatic heterocycles. The molecule has 2 aromatic rings. The average Bonchev–Trinajstić information content (AvgIpc) is 2.70. The Morgan fingerprint density at radius 3 is 1.38 bits per heavy atom. The minimum absolute atomic E-state index is 0.231. The molecule has 0 aliphatic carbocycles. The van der Waals surface area contributed by atoms with Gasteiger partial charge in [-0.15, -0.1) is 0 Å². The highest BCUT2D eigenvalue weighted by Crippen LogP contribution is 2.14. The van der Waals surface area contributed by atoms with Crippen molar-refractivity contribution >= 4 is 23.7 Å². The Morgan fingerprint density at radius 1 is 0.731 bits per heavy atom. The molecule has 0 bridgehead atoms. The number of carbonyl (C=O) groups is 2. The topological polar surface area (TPSA) is 52.6 Å². The van der Waals surface area contributed by atoms with E-state index in [1.807, 2.05) is 48.5 Å². The van der Waals surface area contributed by atoms with Crippen LogP contribution in [0.4, 0.5) is 0 Å². The van der Waals surface area contributed by atoms with Crippen LogP contribution in [0.3, 0.4) is 0 Å². The first kappa shape index (κ1) is 19.2. The van der Waals surface area contributed by atoms with Crippen LogP contribution in [0.1, 0.15) is 18.1 Å². The van der Waals surface area contributed by atoms with Crippen molar-refractivity contribution < 1.29 is 19.1 Å². The van der Waals surface area contributed by atoms with Crippen LogP contribution >= 0.6 is 0 Å². The number of benzene rings is 2. The number of rotatable bonds is 8. The van der Waals surface area contributed by atoms with Gasteiger partial charge in [-0.1, -0.05) is 36.4 Å². The Bertz CT molecular complexity index is 730. The zero-order chi connectivity index (χ0) is 18.9.